The predicted octanol–water partition coefficient (Wildman–Crippen LogP) is 6.24. The molecule has 218 valence electrons. The first-order chi connectivity index (χ1) is 20.9. The highest BCUT2D eigenvalue weighted by molar-refractivity contribution is 6.12. The second-order valence-corrected chi connectivity index (χ2v) is 10.7. The maximum absolute atomic E-state index is 14.5. The average Bonchev–Trinajstić information content (AvgIpc) is 3.27. The van der Waals surface area contributed by atoms with Gasteiger partial charge >= 0.3 is 5.69 Å². The van der Waals surface area contributed by atoms with Crippen molar-refractivity contribution in [1.82, 2.24) is 14.6 Å². The van der Waals surface area contributed by atoms with Crippen LogP contribution in [0, 0.1) is 6.92 Å². The van der Waals surface area contributed by atoms with Gasteiger partial charge in [-0.15, -0.1) is 0 Å². The second-order valence-electron chi connectivity index (χ2n) is 10.7. The van der Waals surface area contributed by atoms with Crippen molar-refractivity contribution in [2.45, 2.75) is 39.3 Å². The standard InChI is InChI=1S/C36H36N4O3/c1-25(2)37-35(41)32(24-27-14-8-5-9-15-27)39-26(3)34(30-20-22-31(43-4)23-21-30)40(36(39)42)38-33(28-16-10-6-11-17-28)29-18-12-7-13-19-29/h5-23,25,32H,24H2,1-4H3,(H,37,41)/t32-/m0/s1. The largest absolute Gasteiger partial charge is 0.497 e. The smallest absolute Gasteiger partial charge is 0.350 e. The Morgan fingerprint density at radius 3 is 1.86 bits per heavy atom. The van der Waals surface area contributed by atoms with Gasteiger partial charge in [0, 0.05) is 34.8 Å². The summed E-state index contributed by atoms with van der Waals surface area (Å²) in [5.41, 5.74) is 4.95. The van der Waals surface area contributed by atoms with E-state index in [1.165, 1.54) is 4.68 Å². The third kappa shape index (κ3) is 6.51. The Labute approximate surface area is 252 Å². The summed E-state index contributed by atoms with van der Waals surface area (Å²) in [5.74, 6) is 0.476. The van der Waals surface area contributed by atoms with Crippen molar-refractivity contribution in [3.05, 3.63) is 148 Å². The molecule has 1 heterocycles. The zero-order valence-corrected chi connectivity index (χ0v) is 24.9. The third-order valence-electron chi connectivity index (χ3n) is 7.28. The third-order valence-corrected chi connectivity index (χ3v) is 7.28. The van der Waals surface area contributed by atoms with Crippen LogP contribution in [0.25, 0.3) is 11.3 Å². The maximum Gasteiger partial charge on any atom is 0.350 e. The Hall–Kier alpha value is -5.17. The van der Waals surface area contributed by atoms with Crippen LogP contribution < -0.4 is 15.7 Å². The van der Waals surface area contributed by atoms with E-state index in [1.807, 2.05) is 136 Å². The topological polar surface area (TPSA) is 77.6 Å². The number of carbonyl (C=O) groups is 1. The van der Waals surface area contributed by atoms with Crippen LogP contribution in [0.1, 0.15) is 42.3 Å². The zero-order valence-electron chi connectivity index (χ0n) is 24.9. The lowest BCUT2D eigenvalue weighted by Gasteiger charge is -2.21. The fourth-order valence-corrected chi connectivity index (χ4v) is 5.24. The van der Waals surface area contributed by atoms with E-state index >= 15 is 0 Å². The van der Waals surface area contributed by atoms with Crippen molar-refractivity contribution in [3.8, 4) is 17.0 Å². The summed E-state index contributed by atoms with van der Waals surface area (Å²) >= 11 is 0. The van der Waals surface area contributed by atoms with Crippen molar-refractivity contribution < 1.29 is 9.53 Å². The normalized spacial score (nSPS) is 11.7. The predicted molar refractivity (Wildman–Crippen MR) is 172 cm³/mol. The highest BCUT2D eigenvalue weighted by Gasteiger charge is 2.30. The van der Waals surface area contributed by atoms with Gasteiger partial charge in [0.15, 0.2) is 0 Å². The van der Waals surface area contributed by atoms with Gasteiger partial charge in [-0.25, -0.2) is 4.79 Å². The SMILES string of the molecule is COc1ccc(-c2c(C)n([C@@H](Cc3ccccc3)C(=O)NC(C)C)c(=O)n2N=C(c2ccccc2)c2ccccc2)cc1. The molecule has 1 N–H and O–H groups in total. The van der Waals surface area contributed by atoms with Crippen LogP contribution in [0.3, 0.4) is 0 Å². The van der Waals surface area contributed by atoms with Crippen LogP contribution in [0.15, 0.2) is 125 Å². The number of nitrogens with one attached hydrogen (secondary N) is 1. The molecule has 5 aromatic rings. The fraction of sp³-hybridized carbons (Fsp3) is 0.194. The molecule has 0 aliphatic heterocycles. The minimum absolute atomic E-state index is 0.0919. The van der Waals surface area contributed by atoms with Gasteiger partial charge in [0.2, 0.25) is 5.91 Å². The highest BCUT2D eigenvalue weighted by Crippen LogP contribution is 2.28. The monoisotopic (exact) mass is 572 g/mol. The summed E-state index contributed by atoms with van der Waals surface area (Å²) in [6.45, 7) is 5.70. The molecule has 0 saturated heterocycles. The summed E-state index contributed by atoms with van der Waals surface area (Å²) in [4.78, 5) is 28.3. The van der Waals surface area contributed by atoms with Crippen molar-refractivity contribution in [2.24, 2.45) is 5.10 Å². The molecule has 1 atom stereocenters. The van der Waals surface area contributed by atoms with Crippen molar-refractivity contribution in [2.75, 3.05) is 7.11 Å². The number of hydrogen-bond acceptors (Lipinski definition) is 4. The van der Waals surface area contributed by atoms with E-state index < -0.39 is 11.7 Å². The van der Waals surface area contributed by atoms with Crippen LogP contribution >= 0.6 is 0 Å². The molecule has 7 nitrogen and oxygen atoms in total. The summed E-state index contributed by atoms with van der Waals surface area (Å²) < 4.78 is 8.42. The first-order valence-corrected chi connectivity index (χ1v) is 14.4. The van der Waals surface area contributed by atoms with Gasteiger partial charge in [0.05, 0.1) is 18.5 Å². The molecule has 7 heteroatoms. The molecule has 0 aliphatic rings. The van der Waals surface area contributed by atoms with Gasteiger partial charge in [-0.2, -0.15) is 9.78 Å². The summed E-state index contributed by atoms with van der Waals surface area (Å²) in [6.07, 6.45) is 0.347. The van der Waals surface area contributed by atoms with E-state index in [2.05, 4.69) is 5.32 Å². The Balaban J connectivity index is 1.79. The highest BCUT2D eigenvalue weighted by atomic mass is 16.5. The van der Waals surface area contributed by atoms with E-state index in [0.717, 1.165) is 22.3 Å². The number of nitrogens with zero attached hydrogens (tertiary/aromatic N) is 3. The number of ether oxygens (including phenoxy) is 1. The number of benzene rings is 4. The number of methoxy groups -OCH3 is 1. The van der Waals surface area contributed by atoms with E-state index in [0.29, 0.717) is 29.3 Å². The molecular formula is C36H36N4O3. The molecule has 4 aromatic carbocycles. The van der Waals surface area contributed by atoms with Gasteiger partial charge < -0.3 is 10.1 Å². The second kappa shape index (κ2) is 13.2. The molecule has 0 radical (unpaired) electrons. The van der Waals surface area contributed by atoms with Crippen molar-refractivity contribution in [1.29, 1.82) is 0 Å². The van der Waals surface area contributed by atoms with E-state index in [-0.39, 0.29) is 11.9 Å². The molecule has 0 spiro atoms. The molecule has 1 amide bonds. The lowest BCUT2D eigenvalue weighted by atomic mass is 10.0. The Kier molecular flexibility index (Phi) is 9.01. The van der Waals surface area contributed by atoms with Crippen molar-refractivity contribution in [3.63, 3.8) is 0 Å². The van der Waals surface area contributed by atoms with Gasteiger partial charge in [0.1, 0.15) is 11.8 Å². The van der Waals surface area contributed by atoms with Gasteiger partial charge in [-0.05, 0) is 50.6 Å². The fourth-order valence-electron chi connectivity index (χ4n) is 5.24. The van der Waals surface area contributed by atoms with Crippen LogP contribution in [0.4, 0.5) is 0 Å². The van der Waals surface area contributed by atoms with E-state index in [4.69, 9.17) is 9.84 Å². The number of hydrogen-bond donors (Lipinski definition) is 1. The minimum atomic E-state index is -0.789. The number of amides is 1. The summed E-state index contributed by atoms with van der Waals surface area (Å²) in [6, 6.07) is 36.0. The molecule has 5 rings (SSSR count). The Bertz CT molecular complexity index is 1710. The minimum Gasteiger partial charge on any atom is -0.497 e. The molecule has 0 fully saturated rings. The van der Waals surface area contributed by atoms with Crippen molar-refractivity contribution >= 4 is 11.6 Å². The molecule has 0 aliphatic carbocycles. The summed E-state index contributed by atoms with van der Waals surface area (Å²) in [5, 5.41) is 8.08. The molecule has 0 saturated carbocycles. The number of rotatable bonds is 10. The first kappa shape index (κ1) is 29.3. The van der Waals surface area contributed by atoms with Crippen LogP contribution in [-0.4, -0.2) is 34.0 Å². The average molecular weight is 573 g/mol. The molecule has 0 bridgehead atoms. The molecule has 43 heavy (non-hydrogen) atoms. The number of aromatic nitrogens is 2. The zero-order chi connectivity index (χ0) is 30.3. The first-order valence-electron chi connectivity index (χ1n) is 14.4. The van der Waals surface area contributed by atoms with Gasteiger partial charge in [-0.1, -0.05) is 91.0 Å². The number of carbonyl (C=O) groups excluding carboxylic acids is 1. The van der Waals surface area contributed by atoms with Crippen LogP contribution in [-0.2, 0) is 11.2 Å². The Morgan fingerprint density at radius 2 is 1.35 bits per heavy atom. The van der Waals surface area contributed by atoms with E-state index in [1.54, 1.807) is 11.7 Å². The lowest BCUT2D eigenvalue weighted by Crippen LogP contribution is -2.41. The van der Waals surface area contributed by atoms with Gasteiger partial charge in [0.25, 0.3) is 0 Å². The summed E-state index contributed by atoms with van der Waals surface area (Å²) in [7, 11) is 1.62. The quantitative estimate of drug-likeness (QED) is 0.201. The van der Waals surface area contributed by atoms with Crippen LogP contribution in [0.5, 0.6) is 5.75 Å². The molecule has 1 aromatic heterocycles. The lowest BCUT2D eigenvalue weighted by molar-refractivity contribution is -0.125. The molecule has 0 unspecified atom stereocenters. The Morgan fingerprint density at radius 1 is 0.814 bits per heavy atom. The van der Waals surface area contributed by atoms with E-state index in [9.17, 15) is 9.59 Å². The number of imidazole rings is 1. The maximum atomic E-state index is 14.5. The van der Waals surface area contributed by atoms with Crippen LogP contribution in [0.2, 0.25) is 0 Å². The van der Waals surface area contributed by atoms with Gasteiger partial charge in [-0.3, -0.25) is 9.36 Å². The molecular weight excluding hydrogens is 536 g/mol.